The van der Waals surface area contributed by atoms with Gasteiger partial charge in [0.25, 0.3) is 0 Å². The number of benzene rings is 1. The van der Waals surface area contributed by atoms with Gasteiger partial charge in [0.05, 0.1) is 7.11 Å². The Hall–Kier alpha value is -1.71. The lowest BCUT2D eigenvalue weighted by atomic mass is 9.97. The van der Waals surface area contributed by atoms with Gasteiger partial charge in [-0.25, -0.2) is 4.79 Å². The molecule has 0 aliphatic carbocycles. The molecule has 18 heavy (non-hydrogen) atoms. The third-order valence-electron chi connectivity index (χ3n) is 2.39. The fourth-order valence-electron chi connectivity index (χ4n) is 1.33. The molecule has 0 fully saturated rings. The van der Waals surface area contributed by atoms with E-state index >= 15 is 0 Å². The maximum atomic E-state index is 11.5. The zero-order chi connectivity index (χ0) is 13.6. The van der Waals surface area contributed by atoms with E-state index in [1.165, 1.54) is 0 Å². The van der Waals surface area contributed by atoms with Gasteiger partial charge in [0.2, 0.25) is 0 Å². The summed E-state index contributed by atoms with van der Waals surface area (Å²) in [5, 5.41) is 5.66. The summed E-state index contributed by atoms with van der Waals surface area (Å²) in [6, 6.07) is 7.49. The predicted octanol–water partition coefficient (Wildman–Crippen LogP) is 2.54. The molecule has 2 N–H and O–H groups in total. The zero-order valence-electron chi connectivity index (χ0n) is 11.5. The molecule has 0 saturated heterocycles. The van der Waals surface area contributed by atoms with Gasteiger partial charge in [0.1, 0.15) is 5.75 Å². The minimum Gasteiger partial charge on any atom is -0.497 e. The summed E-state index contributed by atoms with van der Waals surface area (Å²) < 4.78 is 5.07. The fourth-order valence-corrected chi connectivity index (χ4v) is 1.33. The van der Waals surface area contributed by atoms with Gasteiger partial charge in [0.15, 0.2) is 0 Å². The number of carbonyl (C=O) groups is 1. The Balaban J connectivity index is 2.33. The maximum Gasteiger partial charge on any atom is 0.315 e. The molecule has 0 unspecified atom stereocenters. The molecule has 100 valence electrons. The van der Waals surface area contributed by atoms with Crippen LogP contribution in [0.2, 0.25) is 0 Å². The molecule has 1 rings (SSSR count). The van der Waals surface area contributed by atoms with E-state index in [1.54, 1.807) is 7.11 Å². The molecule has 1 aromatic rings. The van der Waals surface area contributed by atoms with Crippen molar-refractivity contribution in [3.8, 4) is 5.75 Å². The summed E-state index contributed by atoms with van der Waals surface area (Å²) in [5.74, 6) is 0.816. The highest BCUT2D eigenvalue weighted by molar-refractivity contribution is 5.73. The minimum atomic E-state index is -0.138. The van der Waals surface area contributed by atoms with Crippen molar-refractivity contribution in [3.63, 3.8) is 0 Å². The summed E-state index contributed by atoms with van der Waals surface area (Å²) in [4.78, 5) is 11.5. The van der Waals surface area contributed by atoms with E-state index in [2.05, 4.69) is 31.4 Å². The number of amides is 2. The number of hydrogen-bond donors (Lipinski definition) is 2. The number of rotatable bonds is 4. The van der Waals surface area contributed by atoms with Gasteiger partial charge in [-0.3, -0.25) is 0 Å². The lowest BCUT2D eigenvalue weighted by Gasteiger charge is -2.18. The number of methoxy groups -OCH3 is 1. The number of nitrogens with one attached hydrogen (secondary N) is 2. The minimum absolute atomic E-state index is 0.0947. The average molecular weight is 250 g/mol. The van der Waals surface area contributed by atoms with Crippen LogP contribution in [-0.2, 0) is 6.54 Å². The predicted molar refractivity (Wildman–Crippen MR) is 72.7 cm³/mol. The molecule has 0 saturated carbocycles. The summed E-state index contributed by atoms with van der Waals surface area (Å²) >= 11 is 0. The Bertz CT molecular complexity index is 380. The van der Waals surface area contributed by atoms with Gasteiger partial charge >= 0.3 is 6.03 Å². The normalized spacial score (nSPS) is 10.9. The molecule has 0 heterocycles. The summed E-state index contributed by atoms with van der Waals surface area (Å²) in [6.45, 7) is 7.41. The third kappa shape index (κ3) is 5.57. The monoisotopic (exact) mass is 250 g/mol. The zero-order valence-corrected chi connectivity index (χ0v) is 11.5. The number of urea groups is 1. The van der Waals surface area contributed by atoms with E-state index in [1.807, 2.05) is 24.3 Å². The molecule has 0 aromatic heterocycles. The van der Waals surface area contributed by atoms with Crippen molar-refractivity contribution in [2.24, 2.45) is 5.41 Å². The van der Waals surface area contributed by atoms with E-state index < -0.39 is 0 Å². The van der Waals surface area contributed by atoms with Crippen molar-refractivity contribution < 1.29 is 9.53 Å². The molecule has 2 amide bonds. The van der Waals surface area contributed by atoms with Gasteiger partial charge < -0.3 is 15.4 Å². The number of ether oxygens (including phenoxy) is 1. The SMILES string of the molecule is COc1ccc(CNC(=O)NCC(C)(C)C)cc1. The van der Waals surface area contributed by atoms with Crippen LogP contribution in [-0.4, -0.2) is 19.7 Å². The first-order chi connectivity index (χ1) is 8.40. The van der Waals surface area contributed by atoms with Crippen LogP contribution in [0.1, 0.15) is 26.3 Å². The van der Waals surface area contributed by atoms with E-state index in [0.717, 1.165) is 11.3 Å². The van der Waals surface area contributed by atoms with Gasteiger partial charge in [-0.2, -0.15) is 0 Å². The van der Waals surface area contributed by atoms with Crippen molar-refractivity contribution >= 4 is 6.03 Å². The molecule has 0 spiro atoms. The largest absolute Gasteiger partial charge is 0.497 e. The van der Waals surface area contributed by atoms with Crippen LogP contribution in [0, 0.1) is 5.41 Å². The highest BCUT2D eigenvalue weighted by atomic mass is 16.5. The van der Waals surface area contributed by atoms with Gasteiger partial charge in [-0.05, 0) is 23.1 Å². The lowest BCUT2D eigenvalue weighted by molar-refractivity contribution is 0.235. The van der Waals surface area contributed by atoms with Crippen molar-refractivity contribution in [1.82, 2.24) is 10.6 Å². The highest BCUT2D eigenvalue weighted by Crippen LogP contribution is 2.11. The third-order valence-corrected chi connectivity index (χ3v) is 2.39. The lowest BCUT2D eigenvalue weighted by Crippen LogP contribution is -2.39. The molecule has 0 bridgehead atoms. The van der Waals surface area contributed by atoms with E-state index in [4.69, 9.17) is 4.74 Å². The first-order valence-electron chi connectivity index (χ1n) is 6.05. The molecule has 0 radical (unpaired) electrons. The molecular formula is C14H22N2O2. The summed E-state index contributed by atoms with van der Waals surface area (Å²) in [6.07, 6.45) is 0. The van der Waals surface area contributed by atoms with E-state index in [0.29, 0.717) is 13.1 Å². The van der Waals surface area contributed by atoms with Gasteiger partial charge in [0, 0.05) is 13.1 Å². The Morgan fingerprint density at radius 1 is 1.17 bits per heavy atom. The smallest absolute Gasteiger partial charge is 0.315 e. The standard InChI is InChI=1S/C14H22N2O2/c1-14(2,3)10-16-13(17)15-9-11-5-7-12(18-4)8-6-11/h5-8H,9-10H2,1-4H3,(H2,15,16,17). The van der Waals surface area contributed by atoms with Crippen LogP contribution < -0.4 is 15.4 Å². The van der Waals surface area contributed by atoms with Crippen LogP contribution in [0.3, 0.4) is 0 Å². The second kappa shape index (κ2) is 6.28. The molecule has 0 aliphatic heterocycles. The maximum absolute atomic E-state index is 11.5. The van der Waals surface area contributed by atoms with Crippen LogP contribution in [0.4, 0.5) is 4.79 Å². The van der Waals surface area contributed by atoms with Crippen molar-refractivity contribution in [2.75, 3.05) is 13.7 Å². The van der Waals surface area contributed by atoms with E-state index in [-0.39, 0.29) is 11.4 Å². The first-order valence-corrected chi connectivity index (χ1v) is 6.05. The molecular weight excluding hydrogens is 228 g/mol. The second-order valence-electron chi connectivity index (χ2n) is 5.44. The van der Waals surface area contributed by atoms with Crippen molar-refractivity contribution in [3.05, 3.63) is 29.8 Å². The molecule has 1 aromatic carbocycles. The van der Waals surface area contributed by atoms with Crippen LogP contribution in [0.5, 0.6) is 5.75 Å². The molecule has 4 nitrogen and oxygen atoms in total. The average Bonchev–Trinajstić information content (AvgIpc) is 2.33. The highest BCUT2D eigenvalue weighted by Gasteiger charge is 2.11. The molecule has 0 atom stereocenters. The number of hydrogen-bond acceptors (Lipinski definition) is 2. The first kappa shape index (κ1) is 14.4. The Kier molecular flexibility index (Phi) is 5.01. The Morgan fingerprint density at radius 3 is 2.28 bits per heavy atom. The second-order valence-corrected chi connectivity index (χ2v) is 5.44. The quantitative estimate of drug-likeness (QED) is 0.862. The summed E-state index contributed by atoms with van der Waals surface area (Å²) in [7, 11) is 1.63. The summed E-state index contributed by atoms with van der Waals surface area (Å²) in [5.41, 5.74) is 1.14. The van der Waals surface area contributed by atoms with Crippen LogP contribution in [0.25, 0.3) is 0 Å². The Morgan fingerprint density at radius 2 is 1.78 bits per heavy atom. The van der Waals surface area contributed by atoms with Crippen molar-refractivity contribution in [2.45, 2.75) is 27.3 Å². The Labute approximate surface area is 109 Å². The number of carbonyl (C=O) groups excluding carboxylic acids is 1. The van der Waals surface area contributed by atoms with E-state index in [9.17, 15) is 4.79 Å². The topological polar surface area (TPSA) is 50.4 Å². The van der Waals surface area contributed by atoms with Gasteiger partial charge in [-0.15, -0.1) is 0 Å². The molecule has 0 aliphatic rings. The van der Waals surface area contributed by atoms with Gasteiger partial charge in [-0.1, -0.05) is 32.9 Å². The van der Waals surface area contributed by atoms with Crippen molar-refractivity contribution in [1.29, 1.82) is 0 Å². The van der Waals surface area contributed by atoms with Crippen LogP contribution >= 0.6 is 0 Å². The fraction of sp³-hybridized carbons (Fsp3) is 0.500. The van der Waals surface area contributed by atoms with Crippen LogP contribution in [0.15, 0.2) is 24.3 Å². The molecule has 4 heteroatoms.